The zero-order chi connectivity index (χ0) is 15.3. The predicted octanol–water partition coefficient (Wildman–Crippen LogP) is -0.313. The van der Waals surface area contributed by atoms with Gasteiger partial charge in [-0.2, -0.15) is 0 Å². The van der Waals surface area contributed by atoms with Gasteiger partial charge in [0.15, 0.2) is 0 Å². The molecule has 1 aromatic rings. The lowest BCUT2D eigenvalue weighted by atomic mass is 10.2. The van der Waals surface area contributed by atoms with E-state index in [1.165, 1.54) is 6.07 Å². The van der Waals surface area contributed by atoms with E-state index in [1.54, 1.807) is 0 Å². The van der Waals surface area contributed by atoms with Crippen molar-refractivity contribution in [2.45, 2.75) is 4.90 Å². The summed E-state index contributed by atoms with van der Waals surface area (Å²) in [5, 5.41) is 8.42. The van der Waals surface area contributed by atoms with Gasteiger partial charge in [-0.15, -0.1) is 0 Å². The molecule has 0 heterocycles. The Hall–Kier alpha value is -2.26. The molecule has 1 amide bonds. The number of carboxylic acid groups (broad SMARTS) is 1. The number of carboxylic acids is 1. The molecule has 0 atom stereocenters. The third-order valence-corrected chi connectivity index (χ3v) is 3.53. The Labute approximate surface area is 113 Å². The van der Waals surface area contributed by atoms with Crippen molar-refractivity contribution in [3.8, 4) is 0 Å². The summed E-state index contributed by atoms with van der Waals surface area (Å²) < 4.78 is 38.8. The Kier molecular flexibility index (Phi) is 4.94. The second-order valence-corrected chi connectivity index (χ2v) is 5.39. The fraction of sp³-hybridized carbons (Fsp3) is 0.0909. The van der Waals surface area contributed by atoms with E-state index in [1.807, 2.05) is 4.72 Å². The van der Waals surface area contributed by atoms with E-state index in [2.05, 4.69) is 0 Å². The number of amides is 1. The van der Waals surface area contributed by atoms with Crippen molar-refractivity contribution >= 4 is 28.0 Å². The fourth-order valence-corrected chi connectivity index (χ4v) is 2.30. The van der Waals surface area contributed by atoms with Crippen LogP contribution in [0.1, 0.15) is 5.56 Å². The van der Waals surface area contributed by atoms with E-state index in [-0.39, 0.29) is 5.56 Å². The van der Waals surface area contributed by atoms with E-state index in [4.69, 9.17) is 10.8 Å². The molecule has 0 aliphatic carbocycles. The van der Waals surface area contributed by atoms with Crippen LogP contribution >= 0.6 is 0 Å². The summed E-state index contributed by atoms with van der Waals surface area (Å²) in [6.45, 7) is -0.650. The molecule has 0 unspecified atom stereocenters. The smallest absolute Gasteiger partial charge is 0.328 e. The first kappa shape index (κ1) is 15.8. The lowest BCUT2D eigenvalue weighted by molar-refractivity contribution is -0.131. The molecule has 20 heavy (non-hydrogen) atoms. The molecule has 4 N–H and O–H groups in total. The van der Waals surface area contributed by atoms with Crippen LogP contribution in [0.3, 0.4) is 0 Å². The molecule has 0 spiro atoms. The summed E-state index contributed by atoms with van der Waals surface area (Å²) in [7, 11) is -4.20. The zero-order valence-electron chi connectivity index (χ0n) is 10.0. The van der Waals surface area contributed by atoms with Crippen molar-refractivity contribution in [3.63, 3.8) is 0 Å². The largest absolute Gasteiger partial charge is 0.478 e. The lowest BCUT2D eigenvalue weighted by Gasteiger charge is -2.06. The number of hydrogen-bond donors (Lipinski definition) is 3. The molecule has 1 aromatic carbocycles. The van der Waals surface area contributed by atoms with Crippen LogP contribution in [0.2, 0.25) is 0 Å². The van der Waals surface area contributed by atoms with Gasteiger partial charge in [-0.25, -0.2) is 22.3 Å². The standard InChI is InChI=1S/C11H11FN2O5S/c12-8-5-7(2-4-11(16)17)1-3-9(8)20(18,19)14-6-10(13)15/h1-5,14H,6H2,(H2,13,15)(H,16,17)/b4-2+. The molecule has 9 heteroatoms. The fourth-order valence-electron chi connectivity index (χ4n) is 1.25. The monoisotopic (exact) mass is 302 g/mol. The number of halogens is 1. The van der Waals surface area contributed by atoms with E-state index < -0.39 is 39.2 Å². The van der Waals surface area contributed by atoms with Gasteiger partial charge in [0.2, 0.25) is 15.9 Å². The maximum atomic E-state index is 13.7. The topological polar surface area (TPSA) is 127 Å². The van der Waals surface area contributed by atoms with Gasteiger partial charge >= 0.3 is 5.97 Å². The highest BCUT2D eigenvalue weighted by Gasteiger charge is 2.19. The number of aliphatic carboxylic acids is 1. The first-order chi connectivity index (χ1) is 9.22. The molecule has 0 fully saturated rings. The molecule has 7 nitrogen and oxygen atoms in total. The van der Waals surface area contributed by atoms with Gasteiger partial charge in [-0.05, 0) is 23.8 Å². The van der Waals surface area contributed by atoms with Crippen LogP contribution in [0.5, 0.6) is 0 Å². The van der Waals surface area contributed by atoms with Crippen LogP contribution in [0.4, 0.5) is 4.39 Å². The highest BCUT2D eigenvalue weighted by molar-refractivity contribution is 7.89. The Balaban J connectivity index is 3.04. The van der Waals surface area contributed by atoms with Gasteiger partial charge in [0, 0.05) is 6.08 Å². The van der Waals surface area contributed by atoms with E-state index in [0.29, 0.717) is 0 Å². The highest BCUT2D eigenvalue weighted by Crippen LogP contribution is 2.16. The lowest BCUT2D eigenvalue weighted by Crippen LogP contribution is -2.33. The normalized spacial score (nSPS) is 11.7. The Morgan fingerprint density at radius 3 is 2.55 bits per heavy atom. The molecule has 1 rings (SSSR count). The minimum Gasteiger partial charge on any atom is -0.478 e. The number of benzene rings is 1. The van der Waals surface area contributed by atoms with Crippen LogP contribution in [0.15, 0.2) is 29.2 Å². The molecule has 0 saturated carbocycles. The number of nitrogens with one attached hydrogen (secondary N) is 1. The number of sulfonamides is 1. The average molecular weight is 302 g/mol. The van der Waals surface area contributed by atoms with Gasteiger partial charge in [-0.1, -0.05) is 6.07 Å². The highest BCUT2D eigenvalue weighted by atomic mass is 32.2. The molecule has 108 valence electrons. The number of primary amides is 1. The maximum absolute atomic E-state index is 13.7. The molecule has 0 aromatic heterocycles. The predicted molar refractivity (Wildman–Crippen MR) is 67.5 cm³/mol. The minimum absolute atomic E-state index is 0.179. The molecular formula is C11H11FN2O5S. The summed E-state index contributed by atoms with van der Waals surface area (Å²) in [5.41, 5.74) is 4.96. The number of nitrogens with two attached hydrogens (primary N) is 1. The summed E-state index contributed by atoms with van der Waals surface area (Å²) in [6, 6.07) is 3.04. The number of carbonyl (C=O) groups is 2. The van der Waals surface area contributed by atoms with Crippen molar-refractivity contribution < 1.29 is 27.5 Å². The Bertz CT molecular complexity index is 669. The molecular weight excluding hydrogens is 291 g/mol. The zero-order valence-corrected chi connectivity index (χ0v) is 10.9. The van der Waals surface area contributed by atoms with Gasteiger partial charge in [0.25, 0.3) is 0 Å². The Morgan fingerprint density at radius 2 is 2.05 bits per heavy atom. The SMILES string of the molecule is NC(=O)CNS(=O)(=O)c1ccc(/C=C/C(=O)O)cc1F. The third kappa shape index (κ3) is 4.44. The van der Waals surface area contributed by atoms with E-state index >= 15 is 0 Å². The van der Waals surface area contributed by atoms with Crippen LogP contribution in [0, 0.1) is 5.82 Å². The van der Waals surface area contributed by atoms with Crippen LogP contribution < -0.4 is 10.5 Å². The molecule has 0 saturated heterocycles. The van der Waals surface area contributed by atoms with Crippen LogP contribution in [-0.4, -0.2) is 31.9 Å². The first-order valence-electron chi connectivity index (χ1n) is 5.21. The van der Waals surface area contributed by atoms with Gasteiger partial charge < -0.3 is 10.8 Å². The molecule has 0 radical (unpaired) electrons. The summed E-state index contributed by atoms with van der Waals surface area (Å²) >= 11 is 0. The summed E-state index contributed by atoms with van der Waals surface area (Å²) in [6.07, 6.45) is 1.90. The van der Waals surface area contributed by atoms with Gasteiger partial charge in [-0.3, -0.25) is 4.79 Å². The summed E-state index contributed by atoms with van der Waals surface area (Å²) in [5.74, 6) is -3.20. The second-order valence-electron chi connectivity index (χ2n) is 3.65. The van der Waals surface area contributed by atoms with Gasteiger partial charge in [0.05, 0.1) is 6.54 Å². The third-order valence-electron chi connectivity index (χ3n) is 2.10. The van der Waals surface area contributed by atoms with Crippen molar-refractivity contribution in [1.82, 2.24) is 4.72 Å². The van der Waals surface area contributed by atoms with Crippen molar-refractivity contribution in [2.24, 2.45) is 5.73 Å². The molecule has 0 aliphatic heterocycles. The summed E-state index contributed by atoms with van der Waals surface area (Å²) in [4.78, 5) is 20.1. The molecule has 0 aliphatic rings. The maximum Gasteiger partial charge on any atom is 0.328 e. The van der Waals surface area contributed by atoms with Crippen LogP contribution in [-0.2, 0) is 19.6 Å². The minimum atomic E-state index is -4.20. The number of rotatable bonds is 6. The number of hydrogen-bond acceptors (Lipinski definition) is 4. The Morgan fingerprint density at radius 1 is 1.40 bits per heavy atom. The van der Waals surface area contributed by atoms with Crippen LogP contribution in [0.25, 0.3) is 6.08 Å². The van der Waals surface area contributed by atoms with Crippen molar-refractivity contribution in [3.05, 3.63) is 35.7 Å². The molecule has 0 bridgehead atoms. The average Bonchev–Trinajstić information content (AvgIpc) is 2.34. The van der Waals surface area contributed by atoms with E-state index in [9.17, 15) is 22.4 Å². The quantitative estimate of drug-likeness (QED) is 0.621. The van der Waals surface area contributed by atoms with Crippen molar-refractivity contribution in [1.29, 1.82) is 0 Å². The van der Waals surface area contributed by atoms with Crippen molar-refractivity contribution in [2.75, 3.05) is 6.54 Å². The first-order valence-corrected chi connectivity index (χ1v) is 6.69. The van der Waals surface area contributed by atoms with E-state index in [0.717, 1.165) is 24.3 Å². The second kappa shape index (κ2) is 6.26. The number of carbonyl (C=O) groups excluding carboxylic acids is 1. The van der Waals surface area contributed by atoms with Gasteiger partial charge in [0.1, 0.15) is 10.7 Å².